The van der Waals surface area contributed by atoms with E-state index in [4.69, 9.17) is 0 Å². The number of fused-ring (bicyclic) bond motifs is 1. The van der Waals surface area contributed by atoms with Gasteiger partial charge in [0.1, 0.15) is 5.82 Å². The van der Waals surface area contributed by atoms with Gasteiger partial charge in [-0.05, 0) is 37.5 Å². The molecule has 1 aliphatic heterocycles. The number of anilines is 1. The minimum absolute atomic E-state index is 0.340. The summed E-state index contributed by atoms with van der Waals surface area (Å²) in [6, 6.07) is 7.63. The first kappa shape index (κ1) is 14.1. The number of sulfonamides is 1. The first-order chi connectivity index (χ1) is 9.94. The van der Waals surface area contributed by atoms with Crippen molar-refractivity contribution in [3.8, 4) is 0 Å². The van der Waals surface area contributed by atoms with E-state index in [9.17, 15) is 8.42 Å². The molecule has 21 heavy (non-hydrogen) atoms. The lowest BCUT2D eigenvalue weighted by molar-refractivity contribution is 0.483. The number of nitrogens with zero attached hydrogens (tertiary/aromatic N) is 2. The van der Waals surface area contributed by atoms with E-state index in [0.29, 0.717) is 11.6 Å². The van der Waals surface area contributed by atoms with E-state index < -0.39 is 10.0 Å². The van der Waals surface area contributed by atoms with Gasteiger partial charge in [-0.15, -0.1) is 0 Å². The van der Waals surface area contributed by atoms with Gasteiger partial charge in [0.15, 0.2) is 0 Å². The van der Waals surface area contributed by atoms with Gasteiger partial charge in [0.25, 0.3) is 0 Å². The van der Waals surface area contributed by atoms with Crippen molar-refractivity contribution in [2.75, 3.05) is 11.0 Å². The highest BCUT2D eigenvalue weighted by Gasteiger charge is 2.23. The lowest BCUT2D eigenvalue weighted by atomic mass is 9.89. The molecule has 3 rings (SSSR count). The predicted octanol–water partition coefficient (Wildman–Crippen LogP) is 2.49. The quantitative estimate of drug-likeness (QED) is 0.947. The Hall–Kier alpha value is -1.82. The minimum atomic E-state index is -3.22. The molecule has 1 aromatic carbocycles. The maximum Gasteiger partial charge on any atom is 0.229 e. The molecular formula is C15H19N3O2S. The van der Waals surface area contributed by atoms with E-state index in [2.05, 4.69) is 14.3 Å². The minimum Gasteiger partial charge on any atom is -0.332 e. The standard InChI is InChI=1S/C15H19N3O2S/c1-11-16-10-15-14(4-3-9-18(11)15)12-5-7-13(8-6-12)17-21(2,19)20/h5-8,10,14,17H,3-4,9H2,1-2H3. The highest BCUT2D eigenvalue weighted by Crippen LogP contribution is 2.34. The van der Waals surface area contributed by atoms with Crippen molar-refractivity contribution in [2.24, 2.45) is 0 Å². The van der Waals surface area contributed by atoms with E-state index in [-0.39, 0.29) is 0 Å². The Balaban J connectivity index is 1.88. The maximum atomic E-state index is 11.2. The van der Waals surface area contributed by atoms with Crippen LogP contribution in [0.1, 0.15) is 35.8 Å². The van der Waals surface area contributed by atoms with Crippen LogP contribution in [0.25, 0.3) is 0 Å². The molecule has 1 unspecified atom stereocenters. The van der Waals surface area contributed by atoms with Gasteiger partial charge >= 0.3 is 0 Å². The smallest absolute Gasteiger partial charge is 0.229 e. The molecule has 1 aliphatic rings. The zero-order valence-electron chi connectivity index (χ0n) is 12.2. The van der Waals surface area contributed by atoms with Crippen LogP contribution in [0.5, 0.6) is 0 Å². The summed E-state index contributed by atoms with van der Waals surface area (Å²) in [7, 11) is -3.22. The zero-order valence-corrected chi connectivity index (χ0v) is 13.0. The van der Waals surface area contributed by atoms with Crippen molar-refractivity contribution in [1.82, 2.24) is 9.55 Å². The topological polar surface area (TPSA) is 64.0 Å². The fraction of sp³-hybridized carbons (Fsp3) is 0.400. The van der Waals surface area contributed by atoms with Crippen LogP contribution in [0.15, 0.2) is 30.5 Å². The van der Waals surface area contributed by atoms with Crippen LogP contribution in [0, 0.1) is 6.92 Å². The van der Waals surface area contributed by atoms with E-state index >= 15 is 0 Å². The Morgan fingerprint density at radius 3 is 2.67 bits per heavy atom. The van der Waals surface area contributed by atoms with Gasteiger partial charge in [0.05, 0.1) is 6.26 Å². The molecular weight excluding hydrogens is 286 g/mol. The maximum absolute atomic E-state index is 11.2. The average Bonchev–Trinajstić information content (AvgIpc) is 2.80. The zero-order chi connectivity index (χ0) is 15.0. The van der Waals surface area contributed by atoms with Crippen LogP contribution >= 0.6 is 0 Å². The summed E-state index contributed by atoms with van der Waals surface area (Å²) >= 11 is 0. The summed E-state index contributed by atoms with van der Waals surface area (Å²) < 4.78 is 27.2. The van der Waals surface area contributed by atoms with Gasteiger partial charge in [-0.25, -0.2) is 13.4 Å². The molecule has 1 aromatic heterocycles. The van der Waals surface area contributed by atoms with Gasteiger partial charge in [-0.3, -0.25) is 4.72 Å². The first-order valence-electron chi connectivity index (χ1n) is 7.04. The second-order valence-electron chi connectivity index (χ2n) is 5.57. The van der Waals surface area contributed by atoms with Crippen molar-refractivity contribution in [1.29, 1.82) is 0 Å². The normalized spacial score (nSPS) is 18.3. The summed E-state index contributed by atoms with van der Waals surface area (Å²) in [5, 5.41) is 0. The van der Waals surface area contributed by atoms with E-state index in [1.54, 1.807) is 0 Å². The average molecular weight is 305 g/mol. The Labute approximate surface area is 125 Å². The van der Waals surface area contributed by atoms with Crippen molar-refractivity contribution >= 4 is 15.7 Å². The third kappa shape index (κ3) is 2.95. The number of benzene rings is 1. The van der Waals surface area contributed by atoms with Crippen LogP contribution in [0.2, 0.25) is 0 Å². The summed E-state index contributed by atoms with van der Waals surface area (Å²) in [6.07, 6.45) is 5.35. The third-order valence-electron chi connectivity index (χ3n) is 3.93. The second-order valence-corrected chi connectivity index (χ2v) is 7.32. The number of hydrogen-bond acceptors (Lipinski definition) is 3. The summed E-state index contributed by atoms with van der Waals surface area (Å²) in [4.78, 5) is 4.41. The molecule has 1 N–H and O–H groups in total. The summed E-state index contributed by atoms with van der Waals surface area (Å²) in [5.41, 5.74) is 3.05. The molecule has 112 valence electrons. The monoisotopic (exact) mass is 305 g/mol. The molecule has 0 fully saturated rings. The van der Waals surface area contributed by atoms with Crippen molar-refractivity contribution < 1.29 is 8.42 Å². The van der Waals surface area contributed by atoms with Crippen molar-refractivity contribution in [3.63, 3.8) is 0 Å². The number of imidazole rings is 1. The molecule has 2 heterocycles. The SMILES string of the molecule is Cc1ncc2n1CCCC2c1ccc(NS(C)(=O)=O)cc1. The van der Waals surface area contributed by atoms with E-state index in [1.807, 2.05) is 37.4 Å². The number of nitrogens with one attached hydrogen (secondary N) is 1. The van der Waals surface area contributed by atoms with Gasteiger partial charge in [-0.1, -0.05) is 12.1 Å². The Bertz CT molecular complexity index is 748. The fourth-order valence-corrected chi connectivity index (χ4v) is 3.56. The molecule has 0 saturated carbocycles. The predicted molar refractivity (Wildman–Crippen MR) is 82.9 cm³/mol. The van der Waals surface area contributed by atoms with E-state index in [0.717, 1.165) is 31.5 Å². The van der Waals surface area contributed by atoms with Crippen LogP contribution < -0.4 is 4.72 Å². The third-order valence-corrected chi connectivity index (χ3v) is 4.54. The molecule has 0 saturated heterocycles. The first-order valence-corrected chi connectivity index (χ1v) is 8.93. The van der Waals surface area contributed by atoms with Gasteiger partial charge in [-0.2, -0.15) is 0 Å². The lowest BCUT2D eigenvalue weighted by Crippen LogP contribution is -2.17. The Morgan fingerprint density at radius 1 is 1.29 bits per heavy atom. The number of rotatable bonds is 3. The van der Waals surface area contributed by atoms with Gasteiger partial charge < -0.3 is 4.57 Å². The number of aromatic nitrogens is 2. The summed E-state index contributed by atoms with van der Waals surface area (Å²) in [5.74, 6) is 1.40. The molecule has 2 aromatic rings. The van der Waals surface area contributed by atoms with Crippen LogP contribution in [-0.2, 0) is 16.6 Å². The fourth-order valence-electron chi connectivity index (χ4n) is 2.99. The second kappa shape index (κ2) is 5.18. The number of hydrogen-bond donors (Lipinski definition) is 1. The molecule has 0 radical (unpaired) electrons. The molecule has 1 atom stereocenters. The van der Waals surface area contributed by atoms with Crippen LogP contribution in [0.3, 0.4) is 0 Å². The number of aryl methyl sites for hydroxylation is 1. The van der Waals surface area contributed by atoms with Gasteiger partial charge in [0.2, 0.25) is 10.0 Å². The van der Waals surface area contributed by atoms with Gasteiger partial charge in [0, 0.05) is 30.0 Å². The molecule has 0 aliphatic carbocycles. The summed E-state index contributed by atoms with van der Waals surface area (Å²) in [6.45, 7) is 3.07. The molecule has 0 amide bonds. The largest absolute Gasteiger partial charge is 0.332 e. The van der Waals surface area contributed by atoms with Crippen molar-refractivity contribution in [3.05, 3.63) is 47.5 Å². The van der Waals surface area contributed by atoms with Crippen LogP contribution in [-0.4, -0.2) is 24.2 Å². The molecule has 0 bridgehead atoms. The Morgan fingerprint density at radius 2 is 2.00 bits per heavy atom. The van der Waals surface area contributed by atoms with Crippen molar-refractivity contribution in [2.45, 2.75) is 32.2 Å². The molecule has 0 spiro atoms. The van der Waals surface area contributed by atoms with Crippen LogP contribution in [0.4, 0.5) is 5.69 Å². The highest BCUT2D eigenvalue weighted by atomic mass is 32.2. The molecule has 6 heteroatoms. The molecule has 5 nitrogen and oxygen atoms in total. The Kier molecular flexibility index (Phi) is 3.49. The lowest BCUT2D eigenvalue weighted by Gasteiger charge is -2.25. The highest BCUT2D eigenvalue weighted by molar-refractivity contribution is 7.92. The van der Waals surface area contributed by atoms with E-state index in [1.165, 1.54) is 11.3 Å².